The van der Waals surface area contributed by atoms with Crippen LogP contribution in [0.25, 0.3) is 11.6 Å². The Morgan fingerprint density at radius 3 is 2.50 bits per heavy atom. The summed E-state index contributed by atoms with van der Waals surface area (Å²) in [4.78, 5) is 0. The van der Waals surface area contributed by atoms with Gasteiger partial charge in [0, 0.05) is 5.75 Å². The standard InChI is InChI=1S/C21H19N3OS/c1-16-8-5-6-11-18(16)15-26-21-23-22-20(19-12-7-13-25-19)24(21)14-17-9-3-2-4-10-17/h2-13H,14-15H2,1H3. The van der Waals surface area contributed by atoms with Crippen LogP contribution in [0.3, 0.4) is 0 Å². The van der Waals surface area contributed by atoms with Crippen molar-refractivity contribution >= 4 is 11.8 Å². The molecule has 0 saturated heterocycles. The summed E-state index contributed by atoms with van der Waals surface area (Å²) in [5.74, 6) is 2.35. The van der Waals surface area contributed by atoms with Crippen LogP contribution in [0.15, 0.2) is 82.6 Å². The average Bonchev–Trinajstić information content (AvgIpc) is 3.32. The summed E-state index contributed by atoms with van der Waals surface area (Å²) in [6.07, 6.45) is 1.66. The van der Waals surface area contributed by atoms with E-state index >= 15 is 0 Å². The Morgan fingerprint density at radius 2 is 1.73 bits per heavy atom. The van der Waals surface area contributed by atoms with Gasteiger partial charge >= 0.3 is 0 Å². The van der Waals surface area contributed by atoms with Crippen LogP contribution in [0.1, 0.15) is 16.7 Å². The third-order valence-corrected chi connectivity index (χ3v) is 5.28. The molecule has 0 aliphatic rings. The molecule has 2 aromatic heterocycles. The Kier molecular flexibility index (Phi) is 4.88. The van der Waals surface area contributed by atoms with Gasteiger partial charge in [0.1, 0.15) is 0 Å². The first-order valence-corrected chi connectivity index (χ1v) is 9.48. The molecule has 0 radical (unpaired) electrons. The molecule has 4 aromatic rings. The number of aryl methyl sites for hydroxylation is 1. The molecule has 4 rings (SSSR count). The van der Waals surface area contributed by atoms with Crippen LogP contribution >= 0.6 is 11.8 Å². The van der Waals surface area contributed by atoms with Gasteiger partial charge in [-0.1, -0.05) is 66.4 Å². The van der Waals surface area contributed by atoms with E-state index in [2.05, 4.69) is 58.1 Å². The molecule has 130 valence electrons. The van der Waals surface area contributed by atoms with E-state index in [0.29, 0.717) is 6.54 Å². The number of nitrogens with zero attached hydrogens (tertiary/aromatic N) is 3. The maximum Gasteiger partial charge on any atom is 0.200 e. The van der Waals surface area contributed by atoms with E-state index in [4.69, 9.17) is 4.42 Å². The molecule has 0 fully saturated rings. The molecule has 0 spiro atoms. The van der Waals surface area contributed by atoms with Crippen molar-refractivity contribution in [3.05, 3.63) is 89.7 Å². The summed E-state index contributed by atoms with van der Waals surface area (Å²) in [5, 5.41) is 9.71. The minimum atomic E-state index is 0.708. The van der Waals surface area contributed by atoms with Crippen LogP contribution in [0.5, 0.6) is 0 Å². The molecule has 0 aliphatic carbocycles. The number of hydrogen-bond acceptors (Lipinski definition) is 4. The molecule has 2 aromatic carbocycles. The van der Waals surface area contributed by atoms with E-state index in [1.54, 1.807) is 18.0 Å². The van der Waals surface area contributed by atoms with Gasteiger partial charge in [-0.15, -0.1) is 10.2 Å². The van der Waals surface area contributed by atoms with Crippen LogP contribution in [-0.4, -0.2) is 14.8 Å². The van der Waals surface area contributed by atoms with Crippen LogP contribution in [-0.2, 0) is 12.3 Å². The molecule has 0 bridgehead atoms. The van der Waals surface area contributed by atoms with Gasteiger partial charge in [0.15, 0.2) is 10.9 Å². The van der Waals surface area contributed by atoms with Gasteiger partial charge < -0.3 is 4.42 Å². The monoisotopic (exact) mass is 361 g/mol. The highest BCUT2D eigenvalue weighted by Crippen LogP contribution is 2.28. The van der Waals surface area contributed by atoms with E-state index in [9.17, 15) is 0 Å². The Hall–Kier alpha value is -2.79. The quantitative estimate of drug-likeness (QED) is 0.444. The predicted molar refractivity (Wildman–Crippen MR) is 104 cm³/mol. The lowest BCUT2D eigenvalue weighted by molar-refractivity contribution is 0.569. The molecule has 0 saturated carbocycles. The summed E-state index contributed by atoms with van der Waals surface area (Å²) >= 11 is 1.70. The Balaban J connectivity index is 1.64. The molecule has 0 atom stereocenters. The number of benzene rings is 2. The van der Waals surface area contributed by atoms with E-state index in [0.717, 1.165) is 22.5 Å². The first kappa shape index (κ1) is 16.7. The molecule has 5 heteroatoms. The van der Waals surface area contributed by atoms with Crippen LogP contribution in [0.4, 0.5) is 0 Å². The van der Waals surface area contributed by atoms with Crippen molar-refractivity contribution in [2.45, 2.75) is 24.4 Å². The summed E-state index contributed by atoms with van der Waals surface area (Å²) in [5.41, 5.74) is 3.81. The minimum Gasteiger partial charge on any atom is -0.461 e. The van der Waals surface area contributed by atoms with Crippen molar-refractivity contribution in [1.82, 2.24) is 14.8 Å². The highest BCUT2D eigenvalue weighted by molar-refractivity contribution is 7.98. The molecular weight excluding hydrogens is 342 g/mol. The second-order valence-corrected chi connectivity index (χ2v) is 7.01. The van der Waals surface area contributed by atoms with Crippen molar-refractivity contribution in [3.8, 4) is 11.6 Å². The highest BCUT2D eigenvalue weighted by atomic mass is 32.2. The fraction of sp³-hybridized carbons (Fsp3) is 0.143. The first-order chi connectivity index (χ1) is 12.8. The topological polar surface area (TPSA) is 43.9 Å². The third-order valence-electron chi connectivity index (χ3n) is 4.26. The van der Waals surface area contributed by atoms with Crippen molar-refractivity contribution in [1.29, 1.82) is 0 Å². The molecule has 0 N–H and O–H groups in total. The van der Waals surface area contributed by atoms with Gasteiger partial charge in [-0.05, 0) is 35.7 Å². The van der Waals surface area contributed by atoms with Gasteiger partial charge in [-0.3, -0.25) is 4.57 Å². The lowest BCUT2D eigenvalue weighted by Gasteiger charge is -2.10. The zero-order valence-electron chi connectivity index (χ0n) is 14.5. The zero-order chi connectivity index (χ0) is 17.8. The maximum absolute atomic E-state index is 5.56. The zero-order valence-corrected chi connectivity index (χ0v) is 15.3. The molecule has 0 aliphatic heterocycles. The second kappa shape index (κ2) is 7.62. The van der Waals surface area contributed by atoms with E-state index in [1.807, 2.05) is 30.3 Å². The highest BCUT2D eigenvalue weighted by Gasteiger charge is 2.17. The molecule has 26 heavy (non-hydrogen) atoms. The summed E-state index contributed by atoms with van der Waals surface area (Å²) < 4.78 is 7.68. The minimum absolute atomic E-state index is 0.708. The van der Waals surface area contributed by atoms with Crippen LogP contribution < -0.4 is 0 Å². The van der Waals surface area contributed by atoms with E-state index < -0.39 is 0 Å². The summed E-state index contributed by atoms with van der Waals surface area (Å²) in [6.45, 7) is 2.85. The number of rotatable bonds is 6. The summed E-state index contributed by atoms with van der Waals surface area (Å²) in [7, 11) is 0. The van der Waals surface area contributed by atoms with Gasteiger partial charge in [0.05, 0.1) is 12.8 Å². The third kappa shape index (κ3) is 3.58. The predicted octanol–water partition coefficient (Wildman–Crippen LogP) is 5.19. The maximum atomic E-state index is 5.56. The van der Waals surface area contributed by atoms with Gasteiger partial charge in [-0.2, -0.15) is 0 Å². The second-order valence-electron chi connectivity index (χ2n) is 6.07. The fourth-order valence-corrected chi connectivity index (χ4v) is 3.82. The number of thioether (sulfide) groups is 1. The smallest absolute Gasteiger partial charge is 0.200 e. The van der Waals surface area contributed by atoms with E-state index in [-0.39, 0.29) is 0 Å². The van der Waals surface area contributed by atoms with Crippen molar-refractivity contribution in [2.75, 3.05) is 0 Å². The van der Waals surface area contributed by atoms with Gasteiger partial charge in [-0.25, -0.2) is 0 Å². The SMILES string of the molecule is Cc1ccccc1CSc1nnc(-c2ccco2)n1Cc1ccccc1. The molecule has 2 heterocycles. The van der Waals surface area contributed by atoms with Crippen molar-refractivity contribution < 1.29 is 4.42 Å². The van der Waals surface area contributed by atoms with Crippen molar-refractivity contribution in [2.24, 2.45) is 0 Å². The number of aromatic nitrogens is 3. The molecule has 0 unspecified atom stereocenters. The van der Waals surface area contributed by atoms with Crippen molar-refractivity contribution in [3.63, 3.8) is 0 Å². The lowest BCUT2D eigenvalue weighted by atomic mass is 10.1. The Morgan fingerprint density at radius 1 is 0.923 bits per heavy atom. The Labute approximate surface area is 156 Å². The van der Waals surface area contributed by atoms with E-state index in [1.165, 1.54) is 16.7 Å². The fourth-order valence-electron chi connectivity index (χ4n) is 2.81. The van der Waals surface area contributed by atoms with Gasteiger partial charge in [0.25, 0.3) is 0 Å². The van der Waals surface area contributed by atoms with Crippen LogP contribution in [0, 0.1) is 6.92 Å². The Bertz CT molecular complexity index is 978. The summed E-state index contributed by atoms with van der Waals surface area (Å²) in [6, 6.07) is 22.6. The largest absolute Gasteiger partial charge is 0.461 e. The molecular formula is C21H19N3OS. The first-order valence-electron chi connectivity index (χ1n) is 8.49. The number of hydrogen-bond donors (Lipinski definition) is 0. The average molecular weight is 361 g/mol. The molecule has 0 amide bonds. The lowest BCUT2D eigenvalue weighted by Crippen LogP contribution is -2.04. The van der Waals surface area contributed by atoms with Crippen LogP contribution in [0.2, 0.25) is 0 Å². The molecule has 4 nitrogen and oxygen atoms in total. The van der Waals surface area contributed by atoms with Gasteiger partial charge in [0.2, 0.25) is 5.82 Å². The normalized spacial score (nSPS) is 11.0. The number of furan rings is 1.